The number of hydrogen-bond donors (Lipinski definition) is 1. The van der Waals surface area contributed by atoms with Gasteiger partial charge in [0.25, 0.3) is 5.91 Å². The summed E-state index contributed by atoms with van der Waals surface area (Å²) < 4.78 is 35.3. The minimum absolute atomic E-state index is 0.0101. The number of halogens is 2. The van der Waals surface area contributed by atoms with Crippen molar-refractivity contribution in [2.75, 3.05) is 13.7 Å². The molecule has 2 aromatic rings. The molecule has 28 heavy (non-hydrogen) atoms. The van der Waals surface area contributed by atoms with Crippen molar-refractivity contribution in [3.8, 4) is 11.4 Å². The van der Waals surface area contributed by atoms with Gasteiger partial charge in [-0.2, -0.15) is 8.78 Å². The third-order valence-corrected chi connectivity index (χ3v) is 4.55. The molecule has 1 saturated heterocycles. The Morgan fingerprint density at radius 2 is 1.96 bits per heavy atom. The highest BCUT2D eigenvalue weighted by Gasteiger charge is 2.41. The second kappa shape index (κ2) is 7.89. The van der Waals surface area contributed by atoms with Crippen molar-refractivity contribution in [1.29, 1.82) is 0 Å². The standard InChI is InChI=1S/C17H18F2N4O5/c1-9-14(15(24)22-8-12(27-2)7-13(22)16(25)26)20-21-23(9)10-3-5-11(6-4-10)28-17(18)19/h3-6,12-13,17H,7-8H2,1-2H3,(H,25,26). The van der Waals surface area contributed by atoms with Crippen LogP contribution in [0.3, 0.4) is 0 Å². The number of ether oxygens (including phenoxy) is 2. The van der Waals surface area contributed by atoms with E-state index in [-0.39, 0.29) is 30.5 Å². The van der Waals surface area contributed by atoms with Gasteiger partial charge in [-0.1, -0.05) is 5.21 Å². The number of nitrogens with zero attached hydrogens (tertiary/aromatic N) is 4. The number of methoxy groups -OCH3 is 1. The van der Waals surface area contributed by atoms with Crippen LogP contribution in [0.25, 0.3) is 5.69 Å². The third-order valence-electron chi connectivity index (χ3n) is 4.55. The van der Waals surface area contributed by atoms with Gasteiger partial charge in [0.05, 0.1) is 17.5 Å². The molecule has 1 aromatic heterocycles. The number of hydrogen-bond acceptors (Lipinski definition) is 6. The van der Waals surface area contributed by atoms with E-state index in [1.54, 1.807) is 6.92 Å². The molecule has 150 valence electrons. The van der Waals surface area contributed by atoms with Gasteiger partial charge in [-0.25, -0.2) is 9.48 Å². The molecule has 1 aliphatic heterocycles. The lowest BCUT2D eigenvalue weighted by atomic mass is 10.2. The van der Waals surface area contributed by atoms with E-state index < -0.39 is 24.5 Å². The second-order valence-electron chi connectivity index (χ2n) is 6.21. The van der Waals surface area contributed by atoms with Crippen LogP contribution in [0.2, 0.25) is 0 Å². The van der Waals surface area contributed by atoms with E-state index in [0.29, 0.717) is 11.4 Å². The monoisotopic (exact) mass is 396 g/mol. The Kier molecular flexibility index (Phi) is 5.54. The molecule has 1 N–H and O–H groups in total. The number of carboxylic acids is 1. The molecule has 1 aliphatic rings. The maximum atomic E-state index is 12.9. The zero-order valence-corrected chi connectivity index (χ0v) is 15.1. The van der Waals surface area contributed by atoms with Crippen molar-refractivity contribution in [2.45, 2.75) is 32.1 Å². The first kappa shape index (κ1) is 19.7. The molecule has 0 radical (unpaired) electrons. The second-order valence-corrected chi connectivity index (χ2v) is 6.21. The molecule has 0 bridgehead atoms. The van der Waals surface area contributed by atoms with Crippen LogP contribution in [-0.4, -0.2) is 69.3 Å². The molecule has 2 heterocycles. The summed E-state index contributed by atoms with van der Waals surface area (Å²) in [7, 11) is 1.46. The summed E-state index contributed by atoms with van der Waals surface area (Å²) >= 11 is 0. The Morgan fingerprint density at radius 1 is 1.29 bits per heavy atom. The van der Waals surface area contributed by atoms with Crippen molar-refractivity contribution in [2.24, 2.45) is 0 Å². The first-order valence-electron chi connectivity index (χ1n) is 8.36. The van der Waals surface area contributed by atoms with Crippen LogP contribution in [0.15, 0.2) is 24.3 Å². The smallest absolute Gasteiger partial charge is 0.387 e. The van der Waals surface area contributed by atoms with Crippen LogP contribution >= 0.6 is 0 Å². The molecule has 3 rings (SSSR count). The summed E-state index contributed by atoms with van der Waals surface area (Å²) in [5.74, 6) is -1.69. The largest absolute Gasteiger partial charge is 0.480 e. The van der Waals surface area contributed by atoms with E-state index in [2.05, 4.69) is 15.0 Å². The average Bonchev–Trinajstić information content (AvgIpc) is 3.25. The zero-order chi connectivity index (χ0) is 20.4. The molecular weight excluding hydrogens is 378 g/mol. The summed E-state index contributed by atoms with van der Waals surface area (Å²) in [6.07, 6.45) is -0.182. The SMILES string of the molecule is COC1CC(C(=O)O)N(C(=O)c2nnn(-c3ccc(OC(F)F)cc3)c2C)C1. The summed E-state index contributed by atoms with van der Waals surface area (Å²) in [4.78, 5) is 25.5. The number of likely N-dealkylation sites (tertiary alicyclic amines) is 1. The average molecular weight is 396 g/mol. The van der Waals surface area contributed by atoms with Gasteiger partial charge in [-0.15, -0.1) is 5.10 Å². The van der Waals surface area contributed by atoms with Crippen LogP contribution in [0, 0.1) is 6.92 Å². The number of carbonyl (C=O) groups is 2. The van der Waals surface area contributed by atoms with Crippen LogP contribution in [0.4, 0.5) is 8.78 Å². The molecule has 2 atom stereocenters. The predicted octanol–water partition coefficient (Wildman–Crippen LogP) is 1.49. The topological polar surface area (TPSA) is 107 Å². The molecule has 9 nitrogen and oxygen atoms in total. The maximum absolute atomic E-state index is 12.9. The van der Waals surface area contributed by atoms with Crippen LogP contribution in [0.1, 0.15) is 22.6 Å². The van der Waals surface area contributed by atoms with E-state index in [1.807, 2.05) is 0 Å². The maximum Gasteiger partial charge on any atom is 0.387 e. The van der Waals surface area contributed by atoms with Gasteiger partial charge in [0.2, 0.25) is 0 Å². The minimum atomic E-state index is -2.93. The normalized spacial score (nSPS) is 19.2. The lowest BCUT2D eigenvalue weighted by Crippen LogP contribution is -2.41. The van der Waals surface area contributed by atoms with Gasteiger partial charge in [-0.05, 0) is 31.2 Å². The van der Waals surface area contributed by atoms with Gasteiger partial charge < -0.3 is 19.5 Å². The fraction of sp³-hybridized carbons (Fsp3) is 0.412. The number of carbonyl (C=O) groups excluding carboxylic acids is 1. The number of carboxylic acid groups (broad SMARTS) is 1. The number of aromatic nitrogens is 3. The number of amides is 1. The third kappa shape index (κ3) is 3.79. The molecule has 1 fully saturated rings. The van der Waals surface area contributed by atoms with E-state index in [0.717, 1.165) is 0 Å². The van der Waals surface area contributed by atoms with Crippen LogP contribution < -0.4 is 4.74 Å². The predicted molar refractivity (Wildman–Crippen MR) is 90.6 cm³/mol. The Balaban J connectivity index is 1.84. The lowest BCUT2D eigenvalue weighted by molar-refractivity contribution is -0.141. The van der Waals surface area contributed by atoms with Crippen LogP contribution in [-0.2, 0) is 9.53 Å². The fourth-order valence-electron chi connectivity index (χ4n) is 3.10. The molecule has 1 amide bonds. The Hall–Kier alpha value is -3.08. The van der Waals surface area contributed by atoms with Gasteiger partial charge in [0.1, 0.15) is 11.8 Å². The molecule has 0 spiro atoms. The first-order valence-corrected chi connectivity index (χ1v) is 8.36. The van der Waals surface area contributed by atoms with Gasteiger partial charge in [-0.3, -0.25) is 4.79 Å². The Morgan fingerprint density at radius 3 is 2.54 bits per heavy atom. The van der Waals surface area contributed by atoms with E-state index in [4.69, 9.17) is 4.74 Å². The van der Waals surface area contributed by atoms with Crippen molar-refractivity contribution >= 4 is 11.9 Å². The number of rotatable bonds is 6. The molecule has 1 aromatic carbocycles. The summed E-state index contributed by atoms with van der Waals surface area (Å²) in [6.45, 7) is -1.18. The van der Waals surface area contributed by atoms with Crippen molar-refractivity contribution < 1.29 is 33.0 Å². The van der Waals surface area contributed by atoms with Crippen molar-refractivity contribution in [1.82, 2.24) is 19.9 Å². The molecule has 2 unspecified atom stereocenters. The quantitative estimate of drug-likeness (QED) is 0.788. The van der Waals surface area contributed by atoms with Gasteiger partial charge in [0, 0.05) is 20.1 Å². The highest BCUT2D eigenvalue weighted by atomic mass is 19.3. The summed E-state index contributed by atoms with van der Waals surface area (Å²) in [5.41, 5.74) is 0.880. The Labute approximate surface area is 158 Å². The fourth-order valence-corrected chi connectivity index (χ4v) is 3.10. The first-order chi connectivity index (χ1) is 13.3. The van der Waals surface area contributed by atoms with Crippen molar-refractivity contribution in [3.63, 3.8) is 0 Å². The van der Waals surface area contributed by atoms with Crippen LogP contribution in [0.5, 0.6) is 5.75 Å². The van der Waals surface area contributed by atoms with Gasteiger partial charge in [0.15, 0.2) is 5.69 Å². The molecular formula is C17H18F2N4O5. The zero-order valence-electron chi connectivity index (χ0n) is 15.1. The van der Waals surface area contributed by atoms with E-state index >= 15 is 0 Å². The Bertz CT molecular complexity index is 871. The van der Waals surface area contributed by atoms with Gasteiger partial charge >= 0.3 is 12.6 Å². The highest BCUT2D eigenvalue weighted by Crippen LogP contribution is 2.24. The summed E-state index contributed by atoms with van der Waals surface area (Å²) in [5, 5.41) is 17.2. The number of benzene rings is 1. The van der Waals surface area contributed by atoms with E-state index in [1.165, 1.54) is 41.0 Å². The minimum Gasteiger partial charge on any atom is -0.480 e. The number of aliphatic carboxylic acids is 1. The molecule has 11 heteroatoms. The van der Waals surface area contributed by atoms with Crippen molar-refractivity contribution in [3.05, 3.63) is 35.7 Å². The number of alkyl halides is 2. The molecule has 0 saturated carbocycles. The molecule has 0 aliphatic carbocycles. The highest BCUT2D eigenvalue weighted by molar-refractivity contribution is 5.96. The summed E-state index contributed by atoms with van der Waals surface area (Å²) in [6, 6.07) is 4.66. The lowest BCUT2D eigenvalue weighted by Gasteiger charge is -2.20. The van der Waals surface area contributed by atoms with E-state index in [9.17, 15) is 23.5 Å².